The standard InChI is InChI=1S/C17H17NO5S2/c1-2-7-21-15(19)5-6-18-16(20)14(25-17(18)24)9-11-3-4-12-13(8-11)23-10-22-12/h3-4,8-9H,2,5-7,10H2,1H3/b14-9-. The molecule has 8 heteroatoms. The molecule has 1 saturated heterocycles. The molecule has 2 aliphatic heterocycles. The van der Waals surface area contributed by atoms with Gasteiger partial charge in [0.2, 0.25) is 6.79 Å². The zero-order valence-electron chi connectivity index (χ0n) is 13.6. The van der Waals surface area contributed by atoms with Gasteiger partial charge in [-0.2, -0.15) is 0 Å². The lowest BCUT2D eigenvalue weighted by molar-refractivity contribution is -0.143. The number of amides is 1. The number of nitrogens with zero attached hydrogens (tertiary/aromatic N) is 1. The molecule has 0 bridgehead atoms. The lowest BCUT2D eigenvalue weighted by Gasteiger charge is -2.13. The van der Waals surface area contributed by atoms with Crippen LogP contribution in [-0.2, 0) is 14.3 Å². The highest BCUT2D eigenvalue weighted by Crippen LogP contribution is 2.36. The van der Waals surface area contributed by atoms with Crippen LogP contribution in [0.2, 0.25) is 0 Å². The summed E-state index contributed by atoms with van der Waals surface area (Å²) in [6.45, 7) is 2.75. The van der Waals surface area contributed by atoms with Gasteiger partial charge in [0.05, 0.1) is 17.9 Å². The second-order valence-electron chi connectivity index (χ2n) is 5.42. The maximum Gasteiger partial charge on any atom is 0.307 e. The van der Waals surface area contributed by atoms with Gasteiger partial charge >= 0.3 is 5.97 Å². The number of ether oxygens (including phenoxy) is 3. The normalized spacial score (nSPS) is 17.5. The topological polar surface area (TPSA) is 65.1 Å². The van der Waals surface area contributed by atoms with Gasteiger partial charge in [-0.25, -0.2) is 0 Å². The Morgan fingerprint density at radius 3 is 3.00 bits per heavy atom. The Labute approximate surface area is 155 Å². The van der Waals surface area contributed by atoms with E-state index in [-0.39, 0.29) is 31.6 Å². The summed E-state index contributed by atoms with van der Waals surface area (Å²) < 4.78 is 16.1. The maximum absolute atomic E-state index is 12.5. The lowest BCUT2D eigenvalue weighted by Crippen LogP contribution is -2.30. The Bertz CT molecular complexity index is 747. The molecule has 1 amide bonds. The highest BCUT2D eigenvalue weighted by Gasteiger charge is 2.32. The van der Waals surface area contributed by atoms with Crippen LogP contribution in [0.15, 0.2) is 23.1 Å². The number of esters is 1. The van der Waals surface area contributed by atoms with Crippen molar-refractivity contribution in [2.75, 3.05) is 19.9 Å². The Morgan fingerprint density at radius 2 is 2.20 bits per heavy atom. The zero-order valence-corrected chi connectivity index (χ0v) is 15.3. The van der Waals surface area contributed by atoms with E-state index >= 15 is 0 Å². The molecule has 25 heavy (non-hydrogen) atoms. The summed E-state index contributed by atoms with van der Waals surface area (Å²) in [6.07, 6.45) is 2.66. The number of thioether (sulfide) groups is 1. The molecule has 0 saturated carbocycles. The van der Waals surface area contributed by atoms with Crippen LogP contribution in [0.4, 0.5) is 0 Å². The number of rotatable bonds is 6. The van der Waals surface area contributed by atoms with E-state index in [1.807, 2.05) is 19.1 Å². The molecular formula is C17H17NO5S2. The number of benzene rings is 1. The van der Waals surface area contributed by atoms with Crippen LogP contribution in [0.3, 0.4) is 0 Å². The summed E-state index contributed by atoms with van der Waals surface area (Å²) >= 11 is 6.48. The quantitative estimate of drug-likeness (QED) is 0.428. The summed E-state index contributed by atoms with van der Waals surface area (Å²) in [7, 11) is 0. The van der Waals surface area contributed by atoms with Crippen molar-refractivity contribution in [3.8, 4) is 11.5 Å². The Hall–Kier alpha value is -2.06. The van der Waals surface area contributed by atoms with Gasteiger partial charge < -0.3 is 14.2 Å². The van der Waals surface area contributed by atoms with Crippen molar-refractivity contribution in [2.24, 2.45) is 0 Å². The van der Waals surface area contributed by atoms with Crippen molar-refractivity contribution in [2.45, 2.75) is 19.8 Å². The Kier molecular flexibility index (Phi) is 5.60. The van der Waals surface area contributed by atoms with E-state index in [0.717, 1.165) is 12.0 Å². The highest BCUT2D eigenvalue weighted by molar-refractivity contribution is 8.26. The second-order valence-corrected chi connectivity index (χ2v) is 7.09. The molecule has 1 aromatic carbocycles. The van der Waals surface area contributed by atoms with Crippen LogP contribution in [-0.4, -0.2) is 41.0 Å². The van der Waals surface area contributed by atoms with E-state index in [9.17, 15) is 9.59 Å². The molecule has 0 aliphatic carbocycles. The van der Waals surface area contributed by atoms with Crippen molar-refractivity contribution < 1.29 is 23.8 Å². The van der Waals surface area contributed by atoms with E-state index in [1.165, 1.54) is 16.7 Å². The summed E-state index contributed by atoms with van der Waals surface area (Å²) in [5.41, 5.74) is 0.826. The van der Waals surface area contributed by atoms with E-state index in [1.54, 1.807) is 12.1 Å². The zero-order chi connectivity index (χ0) is 17.8. The van der Waals surface area contributed by atoms with Gasteiger partial charge in [0.1, 0.15) is 4.32 Å². The van der Waals surface area contributed by atoms with Crippen LogP contribution < -0.4 is 9.47 Å². The number of carbonyl (C=O) groups is 2. The summed E-state index contributed by atoms with van der Waals surface area (Å²) in [6, 6.07) is 5.47. The predicted molar refractivity (Wildman–Crippen MR) is 98.3 cm³/mol. The minimum absolute atomic E-state index is 0.129. The largest absolute Gasteiger partial charge is 0.466 e. The van der Waals surface area contributed by atoms with Gasteiger partial charge in [-0.15, -0.1) is 0 Å². The fourth-order valence-corrected chi connectivity index (χ4v) is 3.65. The first-order valence-corrected chi connectivity index (χ1v) is 9.11. The average molecular weight is 379 g/mol. The van der Waals surface area contributed by atoms with Gasteiger partial charge in [0, 0.05) is 6.54 Å². The molecule has 2 heterocycles. The third kappa shape index (κ3) is 4.13. The number of carbonyl (C=O) groups excluding carboxylic acids is 2. The maximum atomic E-state index is 12.5. The minimum atomic E-state index is -0.323. The summed E-state index contributed by atoms with van der Waals surface area (Å²) in [5, 5.41) is 0. The van der Waals surface area contributed by atoms with Crippen LogP contribution in [0.25, 0.3) is 6.08 Å². The van der Waals surface area contributed by atoms with Gasteiger partial charge in [0.15, 0.2) is 11.5 Å². The number of hydrogen-bond acceptors (Lipinski definition) is 7. The SMILES string of the molecule is CCCOC(=O)CCN1C(=O)/C(=C/c2ccc3c(c2)OCO3)SC1=S. The third-order valence-corrected chi connectivity index (χ3v) is 4.95. The molecule has 0 atom stereocenters. The smallest absolute Gasteiger partial charge is 0.307 e. The van der Waals surface area contributed by atoms with E-state index < -0.39 is 0 Å². The van der Waals surface area contributed by atoms with E-state index in [4.69, 9.17) is 26.4 Å². The predicted octanol–water partition coefficient (Wildman–Crippen LogP) is 2.96. The van der Waals surface area contributed by atoms with Crippen molar-refractivity contribution in [1.82, 2.24) is 4.90 Å². The van der Waals surface area contributed by atoms with Gasteiger partial charge in [-0.1, -0.05) is 37.0 Å². The molecule has 2 aliphatic rings. The molecule has 0 N–H and O–H groups in total. The molecular weight excluding hydrogens is 362 g/mol. The first-order chi connectivity index (χ1) is 12.1. The van der Waals surface area contributed by atoms with Gasteiger partial charge in [0.25, 0.3) is 5.91 Å². The van der Waals surface area contributed by atoms with E-state index in [0.29, 0.717) is 27.3 Å². The second kappa shape index (κ2) is 7.88. The number of fused-ring (bicyclic) bond motifs is 1. The highest BCUT2D eigenvalue weighted by atomic mass is 32.2. The molecule has 3 rings (SSSR count). The van der Waals surface area contributed by atoms with Crippen molar-refractivity contribution >= 4 is 46.3 Å². The number of thiocarbonyl (C=S) groups is 1. The summed E-state index contributed by atoms with van der Waals surface area (Å²) in [5.74, 6) is 0.824. The van der Waals surface area contributed by atoms with Crippen LogP contribution >= 0.6 is 24.0 Å². The Morgan fingerprint density at radius 1 is 1.40 bits per heavy atom. The van der Waals surface area contributed by atoms with Crippen LogP contribution in [0.5, 0.6) is 11.5 Å². The fourth-order valence-electron chi connectivity index (χ4n) is 2.34. The lowest BCUT2D eigenvalue weighted by atomic mass is 10.2. The minimum Gasteiger partial charge on any atom is -0.466 e. The number of hydrogen-bond donors (Lipinski definition) is 0. The first kappa shape index (κ1) is 17.8. The van der Waals surface area contributed by atoms with Gasteiger partial charge in [-0.3, -0.25) is 14.5 Å². The monoisotopic (exact) mass is 379 g/mol. The molecule has 1 fully saturated rings. The molecule has 0 aromatic heterocycles. The molecule has 0 unspecified atom stereocenters. The first-order valence-electron chi connectivity index (χ1n) is 7.89. The van der Waals surface area contributed by atoms with Gasteiger partial charge in [-0.05, 0) is 30.2 Å². The van der Waals surface area contributed by atoms with Crippen LogP contribution in [0.1, 0.15) is 25.3 Å². The molecule has 6 nitrogen and oxygen atoms in total. The molecule has 0 radical (unpaired) electrons. The van der Waals surface area contributed by atoms with Crippen LogP contribution in [0, 0.1) is 0 Å². The molecule has 1 aromatic rings. The van der Waals surface area contributed by atoms with Crippen molar-refractivity contribution in [3.63, 3.8) is 0 Å². The Balaban J connectivity index is 1.65. The summed E-state index contributed by atoms with van der Waals surface area (Å²) in [4.78, 5) is 26.1. The molecule has 132 valence electrons. The molecule has 0 spiro atoms. The third-order valence-electron chi connectivity index (χ3n) is 3.57. The fraction of sp³-hybridized carbons (Fsp3) is 0.353. The van der Waals surface area contributed by atoms with E-state index in [2.05, 4.69) is 0 Å². The average Bonchev–Trinajstić information content (AvgIpc) is 3.16. The van der Waals surface area contributed by atoms with Crippen molar-refractivity contribution in [3.05, 3.63) is 28.7 Å². The van der Waals surface area contributed by atoms with Crippen molar-refractivity contribution in [1.29, 1.82) is 0 Å².